The highest BCUT2D eigenvalue weighted by atomic mass is 19.4. The molecule has 0 spiro atoms. The summed E-state index contributed by atoms with van der Waals surface area (Å²) in [4.78, 5) is 1.39. The number of rotatable bonds is 2. The molecule has 0 aromatic heterocycles. The molecule has 1 fully saturated rings. The second kappa shape index (κ2) is 6.98. The molecule has 1 rings (SSSR count). The van der Waals surface area contributed by atoms with Gasteiger partial charge in [-0.05, 0) is 18.8 Å². The lowest BCUT2D eigenvalue weighted by atomic mass is 9.71. The monoisotopic (exact) mass is 264 g/mol. The Hall–Kier alpha value is -0.760. The molecule has 0 N–H and O–H groups in total. The van der Waals surface area contributed by atoms with Crippen molar-refractivity contribution >= 4 is 0 Å². The Kier molecular flexibility index (Phi) is 6.69. The maximum Gasteiger partial charge on any atom is 0.401 e. The summed E-state index contributed by atoms with van der Waals surface area (Å²) < 4.78 is 36.5. The molecule has 0 aliphatic carbocycles. The number of hydrogen-bond acceptors (Lipinski definition) is 2. The van der Waals surface area contributed by atoms with Crippen LogP contribution in [0.15, 0.2) is 0 Å². The number of nitriles is 1. The predicted molar refractivity (Wildman–Crippen MR) is 66.0 cm³/mol. The van der Waals surface area contributed by atoms with Crippen LogP contribution in [0, 0.1) is 22.7 Å². The Bertz CT molecular complexity index is 271. The van der Waals surface area contributed by atoms with E-state index < -0.39 is 18.1 Å². The summed E-state index contributed by atoms with van der Waals surface area (Å²) >= 11 is 0. The molecule has 0 bridgehead atoms. The fraction of sp³-hybridized carbons (Fsp3) is 0.923. The van der Waals surface area contributed by atoms with Gasteiger partial charge < -0.3 is 0 Å². The second-order valence-corrected chi connectivity index (χ2v) is 4.81. The first-order valence-corrected chi connectivity index (χ1v) is 6.49. The van der Waals surface area contributed by atoms with Crippen LogP contribution in [0.2, 0.25) is 0 Å². The third-order valence-corrected chi connectivity index (χ3v) is 3.48. The minimum Gasteiger partial charge on any atom is -0.295 e. The fourth-order valence-corrected chi connectivity index (χ4v) is 2.18. The summed E-state index contributed by atoms with van der Waals surface area (Å²) in [6, 6.07) is 2.29. The standard InChI is InChI=1S/C11H17F3N2.C2H6/c1-9(2)10(7-15)3-5-16(6-4-10)8-11(12,13)14;1-2/h9H,3-6,8H2,1-2H3;1-2H3. The third kappa shape index (κ3) is 4.85. The molecule has 0 radical (unpaired) electrons. The molecule has 1 heterocycles. The van der Waals surface area contributed by atoms with Crippen LogP contribution < -0.4 is 0 Å². The van der Waals surface area contributed by atoms with Crippen molar-refractivity contribution < 1.29 is 13.2 Å². The van der Waals surface area contributed by atoms with E-state index in [2.05, 4.69) is 6.07 Å². The van der Waals surface area contributed by atoms with E-state index in [1.54, 1.807) is 0 Å². The van der Waals surface area contributed by atoms with Crippen molar-refractivity contribution in [1.82, 2.24) is 4.90 Å². The molecule has 0 aromatic carbocycles. The van der Waals surface area contributed by atoms with Gasteiger partial charge in [0.25, 0.3) is 0 Å². The zero-order valence-electron chi connectivity index (χ0n) is 11.6. The minimum atomic E-state index is -4.13. The highest BCUT2D eigenvalue weighted by Gasteiger charge is 2.40. The van der Waals surface area contributed by atoms with E-state index in [1.807, 2.05) is 27.7 Å². The highest BCUT2D eigenvalue weighted by Crippen LogP contribution is 2.38. The maximum atomic E-state index is 12.2. The molecular formula is C13H23F3N2. The van der Waals surface area contributed by atoms with Gasteiger partial charge in [-0.2, -0.15) is 18.4 Å². The van der Waals surface area contributed by atoms with Gasteiger partial charge in [-0.3, -0.25) is 4.90 Å². The Labute approximate surface area is 108 Å². The number of halogens is 3. The van der Waals surface area contributed by atoms with E-state index in [0.29, 0.717) is 25.9 Å². The Balaban J connectivity index is 0.00000137. The zero-order chi connectivity index (χ0) is 14.4. The van der Waals surface area contributed by atoms with E-state index in [9.17, 15) is 13.2 Å². The lowest BCUT2D eigenvalue weighted by molar-refractivity contribution is -0.150. The summed E-state index contributed by atoms with van der Waals surface area (Å²) in [7, 11) is 0. The van der Waals surface area contributed by atoms with Crippen LogP contribution in [0.4, 0.5) is 13.2 Å². The molecule has 2 nitrogen and oxygen atoms in total. The van der Waals surface area contributed by atoms with Crippen LogP contribution in [0.5, 0.6) is 0 Å². The van der Waals surface area contributed by atoms with Crippen LogP contribution in [0.1, 0.15) is 40.5 Å². The quantitative estimate of drug-likeness (QED) is 0.757. The van der Waals surface area contributed by atoms with Gasteiger partial charge in [0.05, 0.1) is 18.0 Å². The van der Waals surface area contributed by atoms with Crippen molar-refractivity contribution in [2.45, 2.75) is 46.7 Å². The predicted octanol–water partition coefficient (Wildman–Crippen LogP) is 3.84. The van der Waals surface area contributed by atoms with Crippen LogP contribution >= 0.6 is 0 Å². The zero-order valence-corrected chi connectivity index (χ0v) is 11.6. The van der Waals surface area contributed by atoms with Gasteiger partial charge in [0, 0.05) is 13.1 Å². The number of nitrogens with zero attached hydrogens (tertiary/aromatic N) is 2. The summed E-state index contributed by atoms with van der Waals surface area (Å²) in [6.45, 7) is 7.80. The van der Waals surface area contributed by atoms with Gasteiger partial charge in [-0.15, -0.1) is 0 Å². The molecule has 1 aliphatic rings. The SMILES string of the molecule is CC.CC(C)C1(C#N)CCN(CC(F)(F)F)CC1. The van der Waals surface area contributed by atoms with Crippen molar-refractivity contribution in [2.75, 3.05) is 19.6 Å². The van der Waals surface area contributed by atoms with E-state index >= 15 is 0 Å². The van der Waals surface area contributed by atoms with Crippen LogP contribution in [0.25, 0.3) is 0 Å². The largest absolute Gasteiger partial charge is 0.401 e. The average Bonchev–Trinajstić information content (AvgIpc) is 2.30. The van der Waals surface area contributed by atoms with Crippen LogP contribution in [-0.2, 0) is 0 Å². The molecule has 18 heavy (non-hydrogen) atoms. The summed E-state index contributed by atoms with van der Waals surface area (Å²) in [5.74, 6) is 0.200. The lowest BCUT2D eigenvalue weighted by Crippen LogP contribution is -2.45. The number of piperidine rings is 1. The van der Waals surface area contributed by atoms with Gasteiger partial charge in [0.15, 0.2) is 0 Å². The smallest absolute Gasteiger partial charge is 0.295 e. The van der Waals surface area contributed by atoms with Crippen LogP contribution in [-0.4, -0.2) is 30.7 Å². The molecule has 0 aromatic rings. The van der Waals surface area contributed by atoms with E-state index in [0.717, 1.165) is 0 Å². The van der Waals surface area contributed by atoms with Crippen molar-refractivity contribution in [3.05, 3.63) is 0 Å². The molecule has 1 saturated heterocycles. The Morgan fingerprint density at radius 2 is 1.67 bits per heavy atom. The van der Waals surface area contributed by atoms with Gasteiger partial charge in [-0.1, -0.05) is 27.7 Å². The first kappa shape index (κ1) is 17.2. The summed E-state index contributed by atoms with van der Waals surface area (Å²) in [6.07, 6.45) is -3.06. The number of alkyl halides is 3. The Morgan fingerprint density at radius 3 is 1.94 bits per heavy atom. The average molecular weight is 264 g/mol. The number of likely N-dealkylation sites (tertiary alicyclic amines) is 1. The molecular weight excluding hydrogens is 241 g/mol. The van der Waals surface area contributed by atoms with Gasteiger partial charge >= 0.3 is 6.18 Å². The topological polar surface area (TPSA) is 27.0 Å². The van der Waals surface area contributed by atoms with Crippen molar-refractivity contribution in [2.24, 2.45) is 11.3 Å². The molecule has 1 aliphatic heterocycles. The van der Waals surface area contributed by atoms with Crippen molar-refractivity contribution in [1.29, 1.82) is 5.26 Å². The summed E-state index contributed by atoms with van der Waals surface area (Å²) in [5.41, 5.74) is -0.428. The first-order chi connectivity index (χ1) is 8.29. The van der Waals surface area contributed by atoms with Crippen LogP contribution in [0.3, 0.4) is 0 Å². The first-order valence-electron chi connectivity index (χ1n) is 6.49. The minimum absolute atomic E-state index is 0.200. The molecule has 0 atom stereocenters. The normalized spacial score (nSPS) is 19.9. The highest BCUT2D eigenvalue weighted by molar-refractivity contribution is 5.03. The van der Waals surface area contributed by atoms with Gasteiger partial charge in [-0.25, -0.2) is 0 Å². The maximum absolute atomic E-state index is 12.2. The second-order valence-electron chi connectivity index (χ2n) is 4.81. The van der Waals surface area contributed by atoms with Crippen molar-refractivity contribution in [3.8, 4) is 6.07 Å². The summed E-state index contributed by atoms with van der Waals surface area (Å²) in [5, 5.41) is 9.14. The Morgan fingerprint density at radius 1 is 1.22 bits per heavy atom. The molecule has 0 unspecified atom stereocenters. The van der Waals surface area contributed by atoms with Gasteiger partial charge in [0.2, 0.25) is 0 Å². The van der Waals surface area contributed by atoms with Crippen molar-refractivity contribution in [3.63, 3.8) is 0 Å². The lowest BCUT2D eigenvalue weighted by Gasteiger charge is -2.39. The third-order valence-electron chi connectivity index (χ3n) is 3.48. The van der Waals surface area contributed by atoms with E-state index in [4.69, 9.17) is 5.26 Å². The molecule has 5 heteroatoms. The molecule has 106 valence electrons. The molecule has 0 saturated carbocycles. The molecule has 0 amide bonds. The van der Waals surface area contributed by atoms with E-state index in [-0.39, 0.29) is 5.92 Å². The number of hydrogen-bond donors (Lipinski definition) is 0. The van der Waals surface area contributed by atoms with Gasteiger partial charge in [0.1, 0.15) is 0 Å². The van der Waals surface area contributed by atoms with E-state index in [1.165, 1.54) is 4.90 Å². The fourth-order valence-electron chi connectivity index (χ4n) is 2.18.